The molecule has 0 spiro atoms. The van der Waals surface area contributed by atoms with E-state index in [9.17, 15) is 24.5 Å². The molecule has 2 aromatic rings. The molecule has 1 fully saturated rings. The summed E-state index contributed by atoms with van der Waals surface area (Å²) in [5.41, 5.74) is 0.621. The van der Waals surface area contributed by atoms with Gasteiger partial charge in [-0.3, -0.25) is 9.59 Å². The van der Waals surface area contributed by atoms with Crippen molar-refractivity contribution in [2.75, 3.05) is 13.1 Å². The van der Waals surface area contributed by atoms with Crippen molar-refractivity contribution in [3.05, 3.63) is 41.2 Å². The van der Waals surface area contributed by atoms with E-state index < -0.39 is 24.9 Å². The van der Waals surface area contributed by atoms with Gasteiger partial charge in [0.15, 0.2) is 5.69 Å². The molecule has 2 amide bonds. The molecule has 2 atom stereocenters. The maximum atomic E-state index is 12.4. The van der Waals surface area contributed by atoms with Gasteiger partial charge in [0.25, 0.3) is 5.91 Å². The lowest BCUT2D eigenvalue weighted by Crippen LogP contribution is -2.53. The van der Waals surface area contributed by atoms with Crippen LogP contribution in [0.5, 0.6) is 5.75 Å². The summed E-state index contributed by atoms with van der Waals surface area (Å²) < 4.78 is 6.58. The molecule has 0 aliphatic carbocycles. The zero-order valence-electron chi connectivity index (χ0n) is 16.4. The number of fused-ring (bicyclic) bond motifs is 1. The van der Waals surface area contributed by atoms with Gasteiger partial charge >= 0.3 is 13.1 Å². The van der Waals surface area contributed by atoms with Crippen LogP contribution in [0.25, 0.3) is 0 Å². The molecule has 2 aliphatic heterocycles. The number of nitrogens with zero attached hydrogens (tertiary/aromatic N) is 3. The maximum absolute atomic E-state index is 12.4. The fourth-order valence-electron chi connectivity index (χ4n) is 3.63. The van der Waals surface area contributed by atoms with Gasteiger partial charge in [0, 0.05) is 12.6 Å². The number of amides is 2. The molecule has 4 rings (SSSR count). The van der Waals surface area contributed by atoms with E-state index >= 15 is 0 Å². The van der Waals surface area contributed by atoms with Crippen LogP contribution in [0, 0.1) is 0 Å². The average molecular weight is 428 g/mol. The van der Waals surface area contributed by atoms with E-state index in [1.165, 1.54) is 16.9 Å². The molecule has 3 heterocycles. The average Bonchev–Trinajstić information content (AvgIpc) is 3.40. The predicted octanol–water partition coefficient (Wildman–Crippen LogP) is -1.79. The number of carbonyl (C=O) groups excluding carboxylic acids is 2. The zero-order valence-corrected chi connectivity index (χ0v) is 16.4. The van der Waals surface area contributed by atoms with Crippen molar-refractivity contribution in [2.24, 2.45) is 0 Å². The minimum atomic E-state index is -1.41. The minimum absolute atomic E-state index is 0.0401. The Kier molecular flexibility index (Phi) is 5.87. The Bertz CT molecular complexity index is 1010. The van der Waals surface area contributed by atoms with Gasteiger partial charge < -0.3 is 30.7 Å². The van der Waals surface area contributed by atoms with Crippen LogP contribution in [0.4, 0.5) is 0 Å². The van der Waals surface area contributed by atoms with Gasteiger partial charge in [-0.15, -0.1) is 5.10 Å². The van der Waals surface area contributed by atoms with Gasteiger partial charge in [0.05, 0.1) is 17.7 Å². The van der Waals surface area contributed by atoms with Crippen LogP contribution in [0.3, 0.4) is 0 Å². The Morgan fingerprint density at radius 1 is 1.32 bits per heavy atom. The van der Waals surface area contributed by atoms with E-state index in [1.807, 2.05) is 0 Å². The summed E-state index contributed by atoms with van der Waals surface area (Å²) in [6.45, 7) is 1.33. The quantitative estimate of drug-likeness (QED) is 0.334. The number of aromatic nitrogens is 3. The largest absolute Gasteiger partial charge is 0.547 e. The summed E-state index contributed by atoms with van der Waals surface area (Å²) in [5, 5.41) is 35.7. The van der Waals surface area contributed by atoms with Crippen LogP contribution >= 0.6 is 0 Å². The first-order valence-corrected chi connectivity index (χ1v) is 9.81. The van der Waals surface area contributed by atoms with Crippen LogP contribution in [-0.4, -0.2) is 75.1 Å². The molecule has 1 aromatic carbocycles. The molecular weight excluding hydrogens is 407 g/mol. The Morgan fingerprint density at radius 2 is 2.16 bits per heavy atom. The second kappa shape index (κ2) is 8.74. The fourth-order valence-corrected chi connectivity index (χ4v) is 3.63. The molecule has 0 saturated carbocycles. The number of carboxylic acid groups (broad SMARTS) is 1. The zero-order chi connectivity index (χ0) is 22.0. The summed E-state index contributed by atoms with van der Waals surface area (Å²) in [6, 6.07) is 4.67. The number of rotatable bonds is 6. The lowest BCUT2D eigenvalue weighted by molar-refractivity contribution is -0.122. The highest BCUT2D eigenvalue weighted by Gasteiger charge is 2.37. The predicted molar refractivity (Wildman–Crippen MR) is 106 cm³/mol. The first kappa shape index (κ1) is 20.8. The molecule has 1 saturated heterocycles. The van der Waals surface area contributed by atoms with Crippen LogP contribution in [0.1, 0.15) is 32.8 Å². The fraction of sp³-hybridized carbons (Fsp3) is 0.389. The smallest absolute Gasteiger partial charge is 0.534 e. The number of benzene rings is 1. The Balaban J connectivity index is 1.35. The van der Waals surface area contributed by atoms with Crippen LogP contribution < -0.4 is 20.6 Å². The number of carbonyl (C=O) groups is 3. The van der Waals surface area contributed by atoms with Gasteiger partial charge in [-0.2, -0.15) is 0 Å². The third-order valence-electron chi connectivity index (χ3n) is 5.17. The Morgan fingerprint density at radius 3 is 2.90 bits per heavy atom. The van der Waals surface area contributed by atoms with Crippen molar-refractivity contribution in [3.8, 4) is 5.75 Å². The first-order valence-electron chi connectivity index (χ1n) is 9.81. The minimum Gasteiger partial charge on any atom is -0.534 e. The molecule has 1 aromatic heterocycles. The topological polar surface area (TPSA) is 168 Å². The van der Waals surface area contributed by atoms with E-state index in [-0.39, 0.29) is 41.9 Å². The molecule has 5 N–H and O–H groups in total. The summed E-state index contributed by atoms with van der Waals surface area (Å²) in [6.07, 6.45) is 2.41. The molecular formula is C18H21BN6O6. The molecule has 0 radical (unpaired) electrons. The van der Waals surface area contributed by atoms with Gasteiger partial charge in [0.2, 0.25) is 5.91 Å². The normalized spacial score (nSPS) is 20.0. The van der Waals surface area contributed by atoms with Gasteiger partial charge in [0.1, 0.15) is 12.3 Å². The van der Waals surface area contributed by atoms with Crippen LogP contribution in [0.15, 0.2) is 24.4 Å². The molecule has 31 heavy (non-hydrogen) atoms. The van der Waals surface area contributed by atoms with E-state index in [0.717, 1.165) is 13.0 Å². The van der Waals surface area contributed by atoms with Crippen molar-refractivity contribution in [3.63, 3.8) is 0 Å². The summed E-state index contributed by atoms with van der Waals surface area (Å²) in [5.74, 6) is -2.67. The first-order chi connectivity index (χ1) is 14.9. The summed E-state index contributed by atoms with van der Waals surface area (Å²) in [4.78, 5) is 35.9. The molecule has 2 aliphatic rings. The van der Waals surface area contributed by atoms with Crippen LogP contribution in [0.2, 0.25) is 0 Å². The monoisotopic (exact) mass is 428 g/mol. The summed E-state index contributed by atoms with van der Waals surface area (Å²) >= 11 is 0. The standard InChI is InChI=1S/C18H21BN6O6/c26-15(9-25-8-13(23-24-25)17(27)21-11-4-5-20-7-11)22-14-6-10-2-1-3-12(18(28)29)16(10)31-19(14)30/h1-3,8,11,14,20,30H,4-7,9H2,(H,21,27)(H,22,26)(H,28,29)/t11-,14-/m0/s1. The van der Waals surface area contributed by atoms with E-state index in [1.54, 1.807) is 12.1 Å². The van der Waals surface area contributed by atoms with Crippen molar-refractivity contribution in [2.45, 2.75) is 31.4 Å². The third kappa shape index (κ3) is 4.67. The van der Waals surface area contributed by atoms with Gasteiger partial charge in [-0.1, -0.05) is 17.3 Å². The maximum Gasteiger partial charge on any atom is 0.547 e. The number of nitrogens with one attached hydrogen (secondary N) is 3. The number of hydrogen-bond donors (Lipinski definition) is 5. The number of para-hydroxylation sites is 1. The Hall–Kier alpha value is -3.45. The summed E-state index contributed by atoms with van der Waals surface area (Å²) in [7, 11) is -1.41. The van der Waals surface area contributed by atoms with E-state index in [2.05, 4.69) is 26.3 Å². The van der Waals surface area contributed by atoms with Gasteiger partial charge in [-0.05, 0) is 31.0 Å². The number of hydrogen-bond acceptors (Lipinski definition) is 8. The molecule has 0 unspecified atom stereocenters. The molecule has 162 valence electrons. The van der Waals surface area contributed by atoms with E-state index in [4.69, 9.17) is 4.65 Å². The second-order valence-corrected chi connectivity index (χ2v) is 7.45. The highest BCUT2D eigenvalue weighted by molar-refractivity contribution is 6.47. The highest BCUT2D eigenvalue weighted by Crippen LogP contribution is 2.30. The van der Waals surface area contributed by atoms with E-state index in [0.29, 0.717) is 12.1 Å². The molecule has 13 heteroatoms. The van der Waals surface area contributed by atoms with Crippen molar-refractivity contribution >= 4 is 24.9 Å². The van der Waals surface area contributed by atoms with Crippen molar-refractivity contribution < 1.29 is 29.2 Å². The lowest BCUT2D eigenvalue weighted by atomic mass is 9.72. The number of aromatic carboxylic acids is 1. The van der Waals surface area contributed by atoms with Crippen molar-refractivity contribution in [1.82, 2.24) is 30.9 Å². The number of carboxylic acids is 1. The highest BCUT2D eigenvalue weighted by atomic mass is 16.5. The SMILES string of the molecule is O=C(Cn1cc(C(=O)N[C@H]2CCNC2)nn1)N[C@H]1Cc2cccc(C(=O)O)c2OB1O. The Labute approximate surface area is 177 Å². The van der Waals surface area contributed by atoms with Crippen molar-refractivity contribution in [1.29, 1.82) is 0 Å². The third-order valence-corrected chi connectivity index (χ3v) is 5.17. The lowest BCUT2D eigenvalue weighted by Gasteiger charge is -2.28. The second-order valence-electron chi connectivity index (χ2n) is 7.45. The molecule has 12 nitrogen and oxygen atoms in total. The van der Waals surface area contributed by atoms with Gasteiger partial charge in [-0.25, -0.2) is 9.48 Å². The molecule has 0 bridgehead atoms. The van der Waals surface area contributed by atoms with Crippen LogP contribution in [-0.2, 0) is 17.8 Å².